The third-order valence-corrected chi connectivity index (χ3v) is 7.16. The number of rotatable bonds is 3. The Morgan fingerprint density at radius 2 is 1.69 bits per heavy atom. The summed E-state index contributed by atoms with van der Waals surface area (Å²) in [7, 11) is 0. The largest absolute Gasteiger partial charge is 0.342 e. The Hall–Kier alpha value is -1.14. The second kappa shape index (κ2) is 7.85. The summed E-state index contributed by atoms with van der Waals surface area (Å²) in [6, 6.07) is 0. The summed E-state index contributed by atoms with van der Waals surface area (Å²) in [4.78, 5) is 32.3. The van der Waals surface area contributed by atoms with Crippen LogP contribution < -0.4 is 5.32 Å². The van der Waals surface area contributed by atoms with E-state index in [9.17, 15) is 9.59 Å². The molecule has 0 aromatic heterocycles. The molecule has 4 rings (SSSR count). The molecular formula is C20H34N4O2. The van der Waals surface area contributed by atoms with E-state index in [0.29, 0.717) is 18.4 Å². The molecule has 6 nitrogen and oxygen atoms in total. The maximum absolute atomic E-state index is 13.4. The van der Waals surface area contributed by atoms with E-state index in [1.807, 2.05) is 4.90 Å². The molecule has 0 bridgehead atoms. The van der Waals surface area contributed by atoms with Crippen LogP contribution in [0.25, 0.3) is 0 Å². The van der Waals surface area contributed by atoms with Gasteiger partial charge in [0.25, 0.3) is 0 Å². The van der Waals surface area contributed by atoms with E-state index in [1.54, 1.807) is 0 Å². The van der Waals surface area contributed by atoms with Crippen molar-refractivity contribution in [2.24, 2.45) is 11.3 Å². The monoisotopic (exact) mass is 362 g/mol. The summed E-state index contributed by atoms with van der Waals surface area (Å²) in [5.41, 5.74) is -0.140. The molecule has 146 valence electrons. The molecule has 3 heterocycles. The fraction of sp³-hybridized carbons (Fsp3) is 0.900. The zero-order valence-electron chi connectivity index (χ0n) is 16.0. The fourth-order valence-electron chi connectivity index (χ4n) is 5.57. The van der Waals surface area contributed by atoms with Gasteiger partial charge in [-0.1, -0.05) is 12.8 Å². The molecule has 4 fully saturated rings. The summed E-state index contributed by atoms with van der Waals surface area (Å²) in [6.45, 7) is 7.64. The van der Waals surface area contributed by atoms with Gasteiger partial charge in [0.05, 0.1) is 12.0 Å². The summed E-state index contributed by atoms with van der Waals surface area (Å²) in [6.07, 6.45) is 7.98. The van der Waals surface area contributed by atoms with Gasteiger partial charge < -0.3 is 15.1 Å². The van der Waals surface area contributed by atoms with Crippen molar-refractivity contribution in [3.05, 3.63) is 0 Å². The van der Waals surface area contributed by atoms with Crippen molar-refractivity contribution in [2.75, 3.05) is 58.9 Å². The quantitative estimate of drug-likeness (QED) is 0.811. The zero-order chi connectivity index (χ0) is 18.0. The normalized spacial score (nSPS) is 33.2. The van der Waals surface area contributed by atoms with Crippen LogP contribution in [0.4, 0.5) is 0 Å². The summed E-state index contributed by atoms with van der Waals surface area (Å²) in [5.74, 6) is 1.19. The molecule has 0 aromatic rings. The van der Waals surface area contributed by atoms with Crippen LogP contribution in [0.15, 0.2) is 0 Å². The maximum atomic E-state index is 13.4. The molecule has 4 aliphatic rings. The molecule has 2 atom stereocenters. The maximum Gasteiger partial charge on any atom is 0.236 e. The zero-order valence-corrected chi connectivity index (χ0v) is 16.0. The predicted molar refractivity (Wildman–Crippen MR) is 101 cm³/mol. The SMILES string of the molecule is O=C(CN1CCCN(C(=O)[C@@]23CCCC[C@H]2CNC3)CC1)N1CCCC1. The van der Waals surface area contributed by atoms with Gasteiger partial charge >= 0.3 is 0 Å². The number of nitrogens with zero attached hydrogens (tertiary/aromatic N) is 3. The van der Waals surface area contributed by atoms with E-state index in [-0.39, 0.29) is 11.3 Å². The third kappa shape index (κ3) is 3.50. The Bertz CT molecular complexity index is 534. The van der Waals surface area contributed by atoms with Crippen LogP contribution in [0.5, 0.6) is 0 Å². The number of amides is 2. The summed E-state index contributed by atoms with van der Waals surface area (Å²) in [5, 5.41) is 3.50. The Balaban J connectivity index is 1.34. The third-order valence-electron chi connectivity index (χ3n) is 7.16. The highest BCUT2D eigenvalue weighted by Crippen LogP contribution is 2.45. The van der Waals surface area contributed by atoms with E-state index in [2.05, 4.69) is 15.1 Å². The molecule has 1 N–H and O–H groups in total. The molecule has 0 radical (unpaired) electrons. The lowest BCUT2D eigenvalue weighted by molar-refractivity contribution is -0.145. The average molecular weight is 363 g/mol. The lowest BCUT2D eigenvalue weighted by atomic mass is 9.67. The molecule has 26 heavy (non-hydrogen) atoms. The molecule has 0 spiro atoms. The van der Waals surface area contributed by atoms with Gasteiger partial charge in [-0.25, -0.2) is 0 Å². The number of carbonyl (C=O) groups excluding carboxylic acids is 2. The van der Waals surface area contributed by atoms with Crippen LogP contribution >= 0.6 is 0 Å². The first-order chi connectivity index (χ1) is 12.7. The first-order valence-corrected chi connectivity index (χ1v) is 10.7. The Kier molecular flexibility index (Phi) is 5.50. The van der Waals surface area contributed by atoms with Crippen molar-refractivity contribution >= 4 is 11.8 Å². The Morgan fingerprint density at radius 1 is 0.885 bits per heavy atom. The minimum Gasteiger partial charge on any atom is -0.342 e. The highest BCUT2D eigenvalue weighted by Gasteiger charge is 2.51. The highest BCUT2D eigenvalue weighted by atomic mass is 16.2. The van der Waals surface area contributed by atoms with Crippen LogP contribution in [-0.2, 0) is 9.59 Å². The lowest BCUT2D eigenvalue weighted by Gasteiger charge is -2.40. The molecule has 1 saturated carbocycles. The molecule has 3 aliphatic heterocycles. The van der Waals surface area contributed by atoms with Crippen LogP contribution in [0.3, 0.4) is 0 Å². The van der Waals surface area contributed by atoms with Gasteiger partial charge in [-0.3, -0.25) is 14.5 Å². The standard InChI is InChI=1S/C20H34N4O2/c25-18(23-9-3-4-10-23)15-22-8-5-11-24(13-12-22)19(26)20-7-2-1-6-17(20)14-21-16-20/h17,21H,1-16H2/t17-,20+/m0/s1. The van der Waals surface area contributed by atoms with Gasteiger partial charge in [0.1, 0.15) is 0 Å². The van der Waals surface area contributed by atoms with E-state index in [4.69, 9.17) is 0 Å². The van der Waals surface area contributed by atoms with Gasteiger partial charge in [0.2, 0.25) is 11.8 Å². The van der Waals surface area contributed by atoms with Crippen molar-refractivity contribution < 1.29 is 9.59 Å². The number of likely N-dealkylation sites (tertiary alicyclic amines) is 1. The first-order valence-electron chi connectivity index (χ1n) is 10.7. The lowest BCUT2D eigenvalue weighted by Crippen LogP contribution is -2.50. The average Bonchev–Trinajstić information content (AvgIpc) is 3.28. The van der Waals surface area contributed by atoms with E-state index in [1.165, 1.54) is 19.3 Å². The summed E-state index contributed by atoms with van der Waals surface area (Å²) < 4.78 is 0. The minimum absolute atomic E-state index is 0.140. The van der Waals surface area contributed by atoms with Gasteiger partial charge in [0.15, 0.2) is 0 Å². The molecule has 1 aliphatic carbocycles. The number of fused-ring (bicyclic) bond motifs is 1. The topological polar surface area (TPSA) is 55.9 Å². The van der Waals surface area contributed by atoms with Gasteiger partial charge in [0, 0.05) is 45.8 Å². The van der Waals surface area contributed by atoms with Crippen LogP contribution in [0, 0.1) is 11.3 Å². The number of carbonyl (C=O) groups is 2. The molecule has 0 unspecified atom stereocenters. The minimum atomic E-state index is -0.140. The first kappa shape index (κ1) is 18.2. The van der Waals surface area contributed by atoms with Crippen molar-refractivity contribution in [1.29, 1.82) is 0 Å². The van der Waals surface area contributed by atoms with Crippen molar-refractivity contribution in [3.63, 3.8) is 0 Å². The van der Waals surface area contributed by atoms with Crippen molar-refractivity contribution in [3.8, 4) is 0 Å². The van der Waals surface area contributed by atoms with Gasteiger partial charge in [-0.05, 0) is 44.6 Å². The number of hydrogen-bond donors (Lipinski definition) is 1. The fourth-order valence-corrected chi connectivity index (χ4v) is 5.57. The number of nitrogens with one attached hydrogen (secondary N) is 1. The number of hydrogen-bond acceptors (Lipinski definition) is 4. The van der Waals surface area contributed by atoms with Gasteiger partial charge in [-0.2, -0.15) is 0 Å². The van der Waals surface area contributed by atoms with E-state index >= 15 is 0 Å². The predicted octanol–water partition coefficient (Wildman–Crippen LogP) is 0.923. The Labute approximate surface area is 157 Å². The Morgan fingerprint density at radius 3 is 2.54 bits per heavy atom. The molecule has 3 saturated heterocycles. The van der Waals surface area contributed by atoms with Gasteiger partial charge in [-0.15, -0.1) is 0 Å². The molecule has 0 aromatic carbocycles. The van der Waals surface area contributed by atoms with Crippen LogP contribution in [0.2, 0.25) is 0 Å². The second-order valence-electron chi connectivity index (χ2n) is 8.74. The van der Waals surface area contributed by atoms with Crippen molar-refractivity contribution in [1.82, 2.24) is 20.0 Å². The smallest absolute Gasteiger partial charge is 0.236 e. The van der Waals surface area contributed by atoms with E-state index < -0.39 is 0 Å². The van der Waals surface area contributed by atoms with E-state index in [0.717, 1.165) is 78.0 Å². The van der Waals surface area contributed by atoms with Crippen LogP contribution in [-0.4, -0.2) is 85.4 Å². The highest BCUT2D eigenvalue weighted by molar-refractivity contribution is 5.84. The molecular weight excluding hydrogens is 328 g/mol. The molecule has 2 amide bonds. The second-order valence-corrected chi connectivity index (χ2v) is 8.74. The van der Waals surface area contributed by atoms with Crippen molar-refractivity contribution in [2.45, 2.75) is 44.9 Å². The molecule has 6 heteroatoms. The summed E-state index contributed by atoms with van der Waals surface area (Å²) >= 11 is 0. The van der Waals surface area contributed by atoms with Crippen LogP contribution in [0.1, 0.15) is 44.9 Å².